The highest BCUT2D eigenvalue weighted by Crippen LogP contribution is 2.27. The molecule has 2 aromatic rings. The number of benzene rings is 2. The van der Waals surface area contributed by atoms with E-state index in [9.17, 15) is 29.0 Å². The molecule has 1 heterocycles. The second kappa shape index (κ2) is 11.1. The van der Waals surface area contributed by atoms with E-state index in [1.54, 1.807) is 6.07 Å². The number of nitrogens with one attached hydrogen (secondary N) is 2. The molecule has 0 aliphatic carbocycles. The van der Waals surface area contributed by atoms with Crippen molar-refractivity contribution in [1.29, 1.82) is 0 Å². The minimum absolute atomic E-state index is 0.130. The summed E-state index contributed by atoms with van der Waals surface area (Å²) in [5.41, 5.74) is 0.242. The molecule has 0 saturated carbocycles. The van der Waals surface area contributed by atoms with Gasteiger partial charge in [-0.25, -0.2) is 14.1 Å². The Morgan fingerprint density at radius 3 is 2.50 bits per heavy atom. The van der Waals surface area contributed by atoms with Gasteiger partial charge in [-0.05, 0) is 65.4 Å². The molecule has 2 aromatic carbocycles. The first-order valence-electron chi connectivity index (χ1n) is 10.2. The van der Waals surface area contributed by atoms with E-state index in [0.29, 0.717) is 19.8 Å². The van der Waals surface area contributed by atoms with Crippen LogP contribution in [0, 0.1) is 9.39 Å². The van der Waals surface area contributed by atoms with Crippen molar-refractivity contribution >= 4 is 46.1 Å². The number of anilines is 1. The number of imide groups is 1. The van der Waals surface area contributed by atoms with Crippen molar-refractivity contribution in [3.05, 3.63) is 57.4 Å². The van der Waals surface area contributed by atoms with Gasteiger partial charge in [0.05, 0.1) is 18.4 Å². The molecule has 4 atom stereocenters. The van der Waals surface area contributed by atoms with Gasteiger partial charge in [-0.1, -0.05) is 12.1 Å². The maximum Gasteiger partial charge on any atom is 0.325 e. The van der Waals surface area contributed by atoms with Gasteiger partial charge in [0.2, 0.25) is 0 Å². The van der Waals surface area contributed by atoms with Crippen LogP contribution >= 0.6 is 22.6 Å². The van der Waals surface area contributed by atoms with Crippen molar-refractivity contribution in [2.24, 2.45) is 0 Å². The molecule has 0 unspecified atom stereocenters. The molecule has 5 N–H and O–H groups in total. The van der Waals surface area contributed by atoms with Gasteiger partial charge in [0.1, 0.15) is 36.4 Å². The maximum absolute atomic E-state index is 14.2. The van der Waals surface area contributed by atoms with Crippen molar-refractivity contribution in [3.8, 4) is 5.75 Å². The van der Waals surface area contributed by atoms with Gasteiger partial charge in [-0.15, -0.1) is 0 Å². The molecule has 0 spiro atoms. The van der Waals surface area contributed by atoms with Crippen LogP contribution in [0.3, 0.4) is 0 Å². The number of carbonyl (C=O) groups excluding carboxylic acids is 3. The minimum atomic E-state index is -1.60. The molecular weight excluding hydrogens is 564 g/mol. The van der Waals surface area contributed by atoms with E-state index in [0.717, 1.165) is 0 Å². The Bertz CT molecular complexity index is 1070. The van der Waals surface area contributed by atoms with E-state index in [1.165, 1.54) is 43.3 Å². The summed E-state index contributed by atoms with van der Waals surface area (Å²) < 4.78 is 20.1. The highest BCUT2D eigenvalue weighted by Gasteiger charge is 2.47. The normalized spacial score (nSPS) is 18.3. The lowest BCUT2D eigenvalue weighted by Crippen LogP contribution is -2.53. The van der Waals surface area contributed by atoms with Crippen molar-refractivity contribution in [3.63, 3.8) is 0 Å². The first-order chi connectivity index (χ1) is 16.1. The van der Waals surface area contributed by atoms with Crippen LogP contribution in [0.2, 0.25) is 0 Å². The fraction of sp³-hybridized carbons (Fsp3) is 0.318. The first kappa shape index (κ1) is 25.8. The number of aliphatic hydroxyl groups is 3. The largest absolute Gasteiger partial charge is 0.491 e. The van der Waals surface area contributed by atoms with Gasteiger partial charge >= 0.3 is 6.03 Å². The van der Waals surface area contributed by atoms with Gasteiger partial charge in [0.25, 0.3) is 11.8 Å². The summed E-state index contributed by atoms with van der Waals surface area (Å²) in [6.07, 6.45) is -2.48. The summed E-state index contributed by atoms with van der Waals surface area (Å²) >= 11 is 1.91. The van der Waals surface area contributed by atoms with Crippen LogP contribution in [0.25, 0.3) is 0 Å². The number of hydrogen-bond donors (Lipinski definition) is 5. The van der Waals surface area contributed by atoms with Crippen molar-refractivity contribution in [2.45, 2.75) is 31.2 Å². The molecule has 3 rings (SSSR count). The Morgan fingerprint density at radius 1 is 1.24 bits per heavy atom. The fourth-order valence-electron chi connectivity index (χ4n) is 3.33. The molecule has 4 amide bonds. The van der Waals surface area contributed by atoms with Crippen LogP contribution in [0.15, 0.2) is 42.5 Å². The smallest absolute Gasteiger partial charge is 0.325 e. The lowest BCUT2D eigenvalue weighted by molar-refractivity contribution is -0.137. The van der Waals surface area contributed by atoms with E-state index < -0.39 is 54.6 Å². The highest BCUT2D eigenvalue weighted by atomic mass is 127. The summed E-state index contributed by atoms with van der Waals surface area (Å²) in [7, 11) is 0. The number of urea groups is 1. The number of rotatable bonds is 9. The fourth-order valence-corrected chi connectivity index (χ4v) is 3.79. The standard InChI is InChI=1S/C22H23FIN3O7/c1-11(29)19(20(31)25-17-7-4-13(24)8-16(17)23)27-21(32)18(26-22(27)33)12-2-5-15(6-3-12)34-10-14(30)9-28/h2-8,11,14,18-19,28-30H,9-10H2,1H3,(H,25,31)(H,26,33)/t11-,14+,18-,19+/m1/s1. The number of hydrogen-bond acceptors (Lipinski definition) is 7. The van der Waals surface area contributed by atoms with E-state index >= 15 is 0 Å². The zero-order valence-electron chi connectivity index (χ0n) is 17.9. The molecule has 1 aliphatic rings. The van der Waals surface area contributed by atoms with Crippen molar-refractivity contribution in [1.82, 2.24) is 10.2 Å². The molecule has 1 aliphatic heterocycles. The first-order valence-corrected chi connectivity index (χ1v) is 11.3. The van der Waals surface area contributed by atoms with Gasteiger partial charge in [-0.2, -0.15) is 0 Å². The zero-order chi connectivity index (χ0) is 25.0. The van der Waals surface area contributed by atoms with E-state index in [1.807, 2.05) is 22.6 Å². The van der Waals surface area contributed by atoms with Crippen molar-refractivity contribution < 1.29 is 38.8 Å². The summed E-state index contributed by atoms with van der Waals surface area (Å²) in [4.78, 5) is 39.1. The topological polar surface area (TPSA) is 148 Å². The number of halogens is 2. The van der Waals surface area contributed by atoms with Gasteiger partial charge in [0, 0.05) is 3.57 Å². The molecule has 12 heteroatoms. The third-order valence-electron chi connectivity index (χ3n) is 5.03. The monoisotopic (exact) mass is 587 g/mol. The average molecular weight is 587 g/mol. The summed E-state index contributed by atoms with van der Waals surface area (Å²) in [6, 6.07) is 6.58. The zero-order valence-corrected chi connectivity index (χ0v) is 20.1. The molecule has 0 aromatic heterocycles. The predicted octanol–water partition coefficient (Wildman–Crippen LogP) is 1.14. The van der Waals surface area contributed by atoms with Crippen LogP contribution in [0.5, 0.6) is 5.75 Å². The summed E-state index contributed by atoms with van der Waals surface area (Å²) in [6.45, 7) is 0.662. The number of aliphatic hydroxyl groups excluding tert-OH is 3. The Labute approximate surface area is 207 Å². The van der Waals surface area contributed by atoms with Crippen molar-refractivity contribution in [2.75, 3.05) is 18.5 Å². The number of carbonyl (C=O) groups is 3. The molecule has 0 radical (unpaired) electrons. The number of ether oxygens (including phenoxy) is 1. The predicted molar refractivity (Wildman–Crippen MR) is 126 cm³/mol. The van der Waals surface area contributed by atoms with Crippen LogP contribution in [-0.2, 0) is 9.59 Å². The number of nitrogens with zero attached hydrogens (tertiary/aromatic N) is 1. The summed E-state index contributed by atoms with van der Waals surface area (Å²) in [5.74, 6) is -2.02. The molecule has 34 heavy (non-hydrogen) atoms. The van der Waals surface area contributed by atoms with E-state index in [4.69, 9.17) is 9.84 Å². The van der Waals surface area contributed by atoms with E-state index in [-0.39, 0.29) is 12.3 Å². The van der Waals surface area contributed by atoms with Gasteiger partial charge in [-0.3, -0.25) is 9.59 Å². The van der Waals surface area contributed by atoms with Gasteiger partial charge in [0.15, 0.2) is 0 Å². The molecule has 10 nitrogen and oxygen atoms in total. The van der Waals surface area contributed by atoms with Gasteiger partial charge < -0.3 is 30.7 Å². The third kappa shape index (κ3) is 5.81. The Morgan fingerprint density at radius 2 is 1.91 bits per heavy atom. The average Bonchev–Trinajstić information content (AvgIpc) is 3.08. The van der Waals surface area contributed by atoms with Crippen LogP contribution in [0.1, 0.15) is 18.5 Å². The Balaban J connectivity index is 1.76. The SMILES string of the molecule is C[C@@H](O)[C@@H](C(=O)Nc1ccc(I)cc1F)N1C(=O)N[C@H](c2ccc(OC[C@@H](O)CO)cc2)C1=O. The third-order valence-corrected chi connectivity index (χ3v) is 5.70. The van der Waals surface area contributed by atoms with E-state index in [2.05, 4.69) is 10.6 Å². The number of amides is 4. The lowest BCUT2D eigenvalue weighted by atomic mass is 10.1. The highest BCUT2D eigenvalue weighted by molar-refractivity contribution is 14.1. The molecule has 1 fully saturated rings. The van der Waals surface area contributed by atoms with Crippen LogP contribution in [0.4, 0.5) is 14.9 Å². The molecular formula is C22H23FIN3O7. The molecule has 1 saturated heterocycles. The van der Waals surface area contributed by atoms with Crippen LogP contribution in [-0.4, -0.2) is 69.5 Å². The Kier molecular flexibility index (Phi) is 8.41. The Hall–Kier alpha value is -2.81. The quantitative estimate of drug-likeness (QED) is 0.218. The minimum Gasteiger partial charge on any atom is -0.491 e. The second-order valence-electron chi connectivity index (χ2n) is 7.61. The van der Waals surface area contributed by atoms with Crippen LogP contribution < -0.4 is 15.4 Å². The lowest BCUT2D eigenvalue weighted by Gasteiger charge is -2.26. The molecule has 182 valence electrons. The summed E-state index contributed by atoms with van der Waals surface area (Å²) in [5, 5.41) is 33.2. The molecule has 0 bridgehead atoms. The maximum atomic E-state index is 14.2. The second-order valence-corrected chi connectivity index (χ2v) is 8.85.